The Labute approximate surface area is 100 Å². The topological polar surface area (TPSA) is 20.3 Å². The van der Waals surface area contributed by atoms with Crippen LogP contribution < -0.4 is 4.90 Å². The van der Waals surface area contributed by atoms with Gasteiger partial charge in [0.2, 0.25) is 0 Å². The molecule has 17 heavy (non-hydrogen) atoms. The highest BCUT2D eigenvalue weighted by Gasteiger charge is 2.40. The number of Topliss-reactive ketones (excluding diaryl/α,β-unsaturated/α-hetero) is 1. The van der Waals surface area contributed by atoms with Gasteiger partial charge in [-0.1, -0.05) is 0 Å². The van der Waals surface area contributed by atoms with Crippen LogP contribution in [0.1, 0.15) is 31.2 Å². The van der Waals surface area contributed by atoms with Crippen LogP contribution >= 0.6 is 0 Å². The third kappa shape index (κ3) is 1.74. The van der Waals surface area contributed by atoms with E-state index in [0.29, 0.717) is 30.7 Å². The minimum atomic E-state index is -0.188. The Bertz CT molecular complexity index is 455. The van der Waals surface area contributed by atoms with Crippen molar-refractivity contribution in [2.75, 3.05) is 4.90 Å². The summed E-state index contributed by atoms with van der Waals surface area (Å²) in [5.41, 5.74) is 2.07. The first-order valence-corrected chi connectivity index (χ1v) is 6.21. The second kappa shape index (κ2) is 3.83. The highest BCUT2D eigenvalue weighted by atomic mass is 19.1. The maximum absolute atomic E-state index is 13.1. The first-order valence-electron chi connectivity index (χ1n) is 6.21. The maximum Gasteiger partial charge on any atom is 0.137 e. The summed E-state index contributed by atoms with van der Waals surface area (Å²) in [6.07, 6.45) is 3.50. The number of aryl methyl sites for hydroxylation is 1. The van der Waals surface area contributed by atoms with Gasteiger partial charge in [-0.2, -0.15) is 0 Å². The number of piperidine rings is 1. The largest absolute Gasteiger partial charge is 0.364 e. The van der Waals surface area contributed by atoms with Gasteiger partial charge in [-0.15, -0.1) is 0 Å². The summed E-state index contributed by atoms with van der Waals surface area (Å²) in [5.74, 6) is 0.195. The highest BCUT2D eigenvalue weighted by molar-refractivity contribution is 5.83. The number of nitrogens with zero attached hydrogens (tertiary/aromatic N) is 1. The fourth-order valence-corrected chi connectivity index (χ4v) is 3.27. The van der Waals surface area contributed by atoms with Gasteiger partial charge in [0.05, 0.1) is 0 Å². The summed E-state index contributed by atoms with van der Waals surface area (Å²) in [7, 11) is 0. The number of ketones is 1. The van der Waals surface area contributed by atoms with Crippen molar-refractivity contribution in [3.8, 4) is 0 Å². The molecule has 2 unspecified atom stereocenters. The number of hydrogen-bond acceptors (Lipinski definition) is 2. The van der Waals surface area contributed by atoms with Crippen LogP contribution in [-0.2, 0) is 4.79 Å². The summed E-state index contributed by atoms with van der Waals surface area (Å²) in [5, 5.41) is 0. The van der Waals surface area contributed by atoms with Crippen LogP contribution in [0, 0.1) is 12.7 Å². The standard InChI is InChI=1S/C14H16FNO/c1-9-6-10(15)2-5-14(9)16-11-3-4-12(16)8-13(17)7-11/h2,5-6,11-12H,3-4,7-8H2,1H3. The van der Waals surface area contributed by atoms with Crippen molar-refractivity contribution < 1.29 is 9.18 Å². The van der Waals surface area contributed by atoms with E-state index in [4.69, 9.17) is 0 Å². The quantitative estimate of drug-likeness (QED) is 0.743. The third-order valence-corrected chi connectivity index (χ3v) is 3.98. The molecule has 1 aromatic rings. The van der Waals surface area contributed by atoms with E-state index in [0.717, 1.165) is 24.1 Å². The summed E-state index contributed by atoms with van der Waals surface area (Å²) < 4.78 is 13.1. The number of fused-ring (bicyclic) bond motifs is 2. The Morgan fingerprint density at radius 3 is 2.47 bits per heavy atom. The molecule has 2 bridgehead atoms. The van der Waals surface area contributed by atoms with E-state index in [-0.39, 0.29) is 5.82 Å². The van der Waals surface area contributed by atoms with Crippen LogP contribution in [0.4, 0.5) is 10.1 Å². The minimum absolute atomic E-state index is 0.188. The number of halogens is 1. The van der Waals surface area contributed by atoms with Crippen LogP contribution in [0.2, 0.25) is 0 Å². The molecule has 0 aromatic heterocycles. The first kappa shape index (κ1) is 10.8. The fraction of sp³-hybridized carbons (Fsp3) is 0.500. The average molecular weight is 233 g/mol. The zero-order valence-corrected chi connectivity index (χ0v) is 9.95. The number of anilines is 1. The molecular weight excluding hydrogens is 217 g/mol. The molecule has 0 radical (unpaired) electrons. The molecule has 2 saturated heterocycles. The molecule has 0 N–H and O–H groups in total. The molecule has 0 amide bonds. The van der Waals surface area contributed by atoms with Crippen molar-refractivity contribution in [2.24, 2.45) is 0 Å². The lowest BCUT2D eigenvalue weighted by molar-refractivity contribution is -0.120. The number of benzene rings is 1. The molecule has 1 aromatic carbocycles. The summed E-state index contributed by atoms with van der Waals surface area (Å²) in [6, 6.07) is 5.62. The van der Waals surface area contributed by atoms with E-state index in [1.54, 1.807) is 6.07 Å². The van der Waals surface area contributed by atoms with E-state index >= 15 is 0 Å². The van der Waals surface area contributed by atoms with E-state index < -0.39 is 0 Å². The first-order chi connectivity index (χ1) is 8.15. The number of carbonyl (C=O) groups is 1. The molecule has 2 atom stereocenters. The molecule has 0 saturated carbocycles. The molecule has 0 spiro atoms. The van der Waals surface area contributed by atoms with E-state index in [2.05, 4.69) is 4.90 Å². The van der Waals surface area contributed by atoms with Gasteiger partial charge in [-0.3, -0.25) is 4.79 Å². The molecule has 0 aliphatic carbocycles. The molecule has 3 heteroatoms. The lowest BCUT2D eigenvalue weighted by Gasteiger charge is -2.37. The van der Waals surface area contributed by atoms with Gasteiger partial charge in [0.15, 0.2) is 0 Å². The van der Waals surface area contributed by atoms with Crippen molar-refractivity contribution >= 4 is 11.5 Å². The summed E-state index contributed by atoms with van der Waals surface area (Å²) in [4.78, 5) is 13.9. The van der Waals surface area contributed by atoms with E-state index in [9.17, 15) is 9.18 Å². The predicted molar refractivity (Wildman–Crippen MR) is 64.7 cm³/mol. The van der Waals surface area contributed by atoms with Crippen LogP contribution in [0.25, 0.3) is 0 Å². The monoisotopic (exact) mass is 233 g/mol. The molecule has 2 aliphatic rings. The van der Waals surface area contributed by atoms with Gasteiger partial charge in [0.25, 0.3) is 0 Å². The predicted octanol–water partition coefficient (Wildman–Crippen LogP) is 2.83. The fourth-order valence-electron chi connectivity index (χ4n) is 3.27. The number of carbonyl (C=O) groups excluding carboxylic acids is 1. The van der Waals surface area contributed by atoms with E-state index in [1.807, 2.05) is 13.0 Å². The second-order valence-corrected chi connectivity index (χ2v) is 5.17. The smallest absolute Gasteiger partial charge is 0.137 e. The Morgan fingerprint density at radius 1 is 1.24 bits per heavy atom. The van der Waals surface area contributed by atoms with Gasteiger partial charge in [0, 0.05) is 30.6 Å². The SMILES string of the molecule is Cc1cc(F)ccc1N1C2CCC1CC(=O)C2. The Hall–Kier alpha value is -1.38. The Morgan fingerprint density at radius 2 is 1.88 bits per heavy atom. The van der Waals surface area contributed by atoms with Crippen molar-refractivity contribution in [1.82, 2.24) is 0 Å². The van der Waals surface area contributed by atoms with Gasteiger partial charge in [-0.25, -0.2) is 4.39 Å². The van der Waals surface area contributed by atoms with Crippen molar-refractivity contribution in [2.45, 2.75) is 44.7 Å². The molecular formula is C14H16FNO. The zero-order valence-electron chi connectivity index (χ0n) is 9.95. The van der Waals surface area contributed by atoms with Gasteiger partial charge >= 0.3 is 0 Å². The summed E-state index contributed by atoms with van der Waals surface area (Å²) >= 11 is 0. The molecule has 2 fully saturated rings. The zero-order chi connectivity index (χ0) is 12.0. The van der Waals surface area contributed by atoms with Crippen molar-refractivity contribution in [3.63, 3.8) is 0 Å². The van der Waals surface area contributed by atoms with Crippen LogP contribution in [-0.4, -0.2) is 17.9 Å². The third-order valence-electron chi connectivity index (χ3n) is 3.98. The van der Waals surface area contributed by atoms with Crippen molar-refractivity contribution in [3.05, 3.63) is 29.6 Å². The number of rotatable bonds is 1. The Balaban J connectivity index is 1.97. The molecule has 2 heterocycles. The second-order valence-electron chi connectivity index (χ2n) is 5.17. The van der Waals surface area contributed by atoms with Gasteiger partial charge in [-0.05, 0) is 43.5 Å². The average Bonchev–Trinajstić information content (AvgIpc) is 2.53. The summed E-state index contributed by atoms with van der Waals surface area (Å²) in [6.45, 7) is 1.94. The molecule has 3 rings (SSSR count). The lowest BCUT2D eigenvalue weighted by Crippen LogP contribution is -2.43. The molecule has 2 nitrogen and oxygen atoms in total. The van der Waals surface area contributed by atoms with Crippen molar-refractivity contribution in [1.29, 1.82) is 0 Å². The van der Waals surface area contributed by atoms with Gasteiger partial charge < -0.3 is 4.90 Å². The normalized spacial score (nSPS) is 27.6. The molecule has 90 valence electrons. The van der Waals surface area contributed by atoms with Gasteiger partial charge in [0.1, 0.15) is 11.6 Å². The van der Waals surface area contributed by atoms with Crippen LogP contribution in [0.3, 0.4) is 0 Å². The lowest BCUT2D eigenvalue weighted by atomic mass is 9.99. The van der Waals surface area contributed by atoms with Crippen LogP contribution in [0.15, 0.2) is 18.2 Å². The Kier molecular flexibility index (Phi) is 2.42. The van der Waals surface area contributed by atoms with Crippen LogP contribution in [0.5, 0.6) is 0 Å². The highest BCUT2D eigenvalue weighted by Crippen LogP contribution is 2.39. The molecule has 2 aliphatic heterocycles. The minimum Gasteiger partial charge on any atom is -0.364 e. The van der Waals surface area contributed by atoms with E-state index in [1.165, 1.54) is 6.07 Å². The maximum atomic E-state index is 13.1. The number of hydrogen-bond donors (Lipinski definition) is 0.